The van der Waals surface area contributed by atoms with E-state index in [-0.39, 0.29) is 6.61 Å². The van der Waals surface area contributed by atoms with Crippen molar-refractivity contribution >= 4 is 11.8 Å². The second-order valence-electron chi connectivity index (χ2n) is 6.59. The van der Waals surface area contributed by atoms with Gasteiger partial charge in [0.05, 0.1) is 11.1 Å². The van der Waals surface area contributed by atoms with Gasteiger partial charge in [0.25, 0.3) is 11.8 Å². The van der Waals surface area contributed by atoms with Crippen LogP contribution in [-0.4, -0.2) is 61.0 Å². The van der Waals surface area contributed by atoms with E-state index < -0.39 is 42.2 Å². The minimum atomic E-state index is -0.750. The highest BCUT2D eigenvalue weighted by atomic mass is 16.8. The number of carbonyl (C=O) groups excluding carboxylic acids is 2. The van der Waals surface area contributed by atoms with Crippen molar-refractivity contribution in [3.63, 3.8) is 0 Å². The zero-order valence-corrected chi connectivity index (χ0v) is 14.1. The summed E-state index contributed by atoms with van der Waals surface area (Å²) in [5, 5.41) is 0.764. The molecule has 0 radical (unpaired) electrons. The van der Waals surface area contributed by atoms with Gasteiger partial charge in [-0.2, -0.15) is 0 Å². The predicted molar refractivity (Wildman–Crippen MR) is 82.4 cm³/mol. The van der Waals surface area contributed by atoms with Crippen molar-refractivity contribution < 1.29 is 33.4 Å². The van der Waals surface area contributed by atoms with Crippen molar-refractivity contribution in [2.75, 3.05) is 13.7 Å². The second kappa shape index (κ2) is 5.86. The van der Waals surface area contributed by atoms with E-state index in [0.717, 1.165) is 5.06 Å². The number of benzene rings is 1. The molecule has 4 rings (SSSR count). The molecule has 2 saturated heterocycles. The molecule has 3 aliphatic rings. The van der Waals surface area contributed by atoms with Crippen LogP contribution in [0.15, 0.2) is 24.3 Å². The highest BCUT2D eigenvalue weighted by molar-refractivity contribution is 6.20. The molecule has 134 valence electrons. The van der Waals surface area contributed by atoms with Crippen LogP contribution in [0.5, 0.6) is 0 Å². The third-order valence-corrected chi connectivity index (χ3v) is 4.48. The number of ether oxygens (including phenoxy) is 4. The lowest BCUT2D eigenvalue weighted by Crippen LogP contribution is -2.41. The van der Waals surface area contributed by atoms with Crippen molar-refractivity contribution in [1.82, 2.24) is 5.06 Å². The minimum Gasteiger partial charge on any atom is -0.376 e. The van der Waals surface area contributed by atoms with Crippen molar-refractivity contribution in [3.05, 3.63) is 35.4 Å². The summed E-state index contributed by atoms with van der Waals surface area (Å²) in [5.41, 5.74) is 0.654. The van der Waals surface area contributed by atoms with E-state index in [1.54, 1.807) is 45.2 Å². The van der Waals surface area contributed by atoms with Crippen molar-refractivity contribution in [2.24, 2.45) is 0 Å². The Morgan fingerprint density at radius 2 is 1.76 bits per heavy atom. The number of hydrogen-bond acceptors (Lipinski definition) is 7. The molecule has 0 aliphatic carbocycles. The lowest BCUT2D eigenvalue weighted by atomic mass is 10.1. The molecule has 4 atom stereocenters. The summed E-state index contributed by atoms with van der Waals surface area (Å²) in [4.78, 5) is 30.1. The summed E-state index contributed by atoms with van der Waals surface area (Å²) in [6, 6.07) is 6.59. The Labute approximate surface area is 144 Å². The first-order chi connectivity index (χ1) is 11.9. The normalized spacial score (nSPS) is 33.0. The molecule has 3 heterocycles. The molecule has 8 heteroatoms. The van der Waals surface area contributed by atoms with Gasteiger partial charge in [0.1, 0.15) is 24.9 Å². The van der Waals surface area contributed by atoms with Crippen LogP contribution in [0.25, 0.3) is 0 Å². The summed E-state index contributed by atoms with van der Waals surface area (Å²) in [5.74, 6) is -1.72. The second-order valence-corrected chi connectivity index (χ2v) is 6.59. The van der Waals surface area contributed by atoms with Gasteiger partial charge in [-0.3, -0.25) is 14.4 Å². The van der Waals surface area contributed by atoms with E-state index in [9.17, 15) is 9.59 Å². The van der Waals surface area contributed by atoms with Crippen molar-refractivity contribution in [1.29, 1.82) is 0 Å². The number of fused-ring (bicyclic) bond motifs is 2. The molecule has 2 amide bonds. The Balaban J connectivity index is 1.43. The van der Waals surface area contributed by atoms with E-state index in [0.29, 0.717) is 11.1 Å². The minimum absolute atomic E-state index is 0.0376. The SMILES string of the molecule is CO[C@@H]1[C@H]2OC(C)(C)O[C@H]2O[C@@H]1CON1C(=O)c2ccccc2C1=O. The summed E-state index contributed by atoms with van der Waals surface area (Å²) >= 11 is 0. The third kappa shape index (κ3) is 2.66. The molecule has 2 fully saturated rings. The van der Waals surface area contributed by atoms with Gasteiger partial charge in [-0.25, -0.2) is 0 Å². The van der Waals surface area contributed by atoms with Crippen molar-refractivity contribution in [2.45, 2.75) is 44.2 Å². The van der Waals surface area contributed by atoms with Crippen LogP contribution < -0.4 is 0 Å². The van der Waals surface area contributed by atoms with E-state index in [1.165, 1.54) is 0 Å². The number of amides is 2. The Morgan fingerprint density at radius 3 is 2.36 bits per heavy atom. The fraction of sp³-hybridized carbons (Fsp3) is 0.529. The number of nitrogens with zero attached hydrogens (tertiary/aromatic N) is 1. The van der Waals surface area contributed by atoms with Crippen LogP contribution >= 0.6 is 0 Å². The lowest BCUT2D eigenvalue weighted by Gasteiger charge is -2.25. The fourth-order valence-corrected chi connectivity index (χ4v) is 3.40. The van der Waals surface area contributed by atoms with Gasteiger partial charge in [-0.15, -0.1) is 5.06 Å². The molecule has 25 heavy (non-hydrogen) atoms. The van der Waals surface area contributed by atoms with Crippen LogP contribution in [0.1, 0.15) is 34.6 Å². The van der Waals surface area contributed by atoms with E-state index in [1.807, 2.05) is 0 Å². The van der Waals surface area contributed by atoms with E-state index in [4.69, 9.17) is 23.8 Å². The summed E-state index contributed by atoms with van der Waals surface area (Å²) < 4.78 is 22.7. The van der Waals surface area contributed by atoms with E-state index >= 15 is 0 Å². The quantitative estimate of drug-likeness (QED) is 0.753. The number of rotatable bonds is 4. The third-order valence-electron chi connectivity index (χ3n) is 4.48. The monoisotopic (exact) mass is 349 g/mol. The van der Waals surface area contributed by atoms with Gasteiger partial charge in [0, 0.05) is 7.11 Å². The van der Waals surface area contributed by atoms with Crippen LogP contribution in [0.3, 0.4) is 0 Å². The van der Waals surface area contributed by atoms with Crippen LogP contribution in [0.2, 0.25) is 0 Å². The number of imide groups is 1. The molecular weight excluding hydrogens is 330 g/mol. The average molecular weight is 349 g/mol. The lowest BCUT2D eigenvalue weighted by molar-refractivity contribution is -0.229. The number of carbonyl (C=O) groups is 2. The number of methoxy groups -OCH3 is 1. The number of hydroxylamine groups is 2. The molecule has 0 saturated carbocycles. The summed E-state index contributed by atoms with van der Waals surface area (Å²) in [6.45, 7) is 3.56. The van der Waals surface area contributed by atoms with Gasteiger partial charge in [-0.1, -0.05) is 12.1 Å². The fourth-order valence-electron chi connectivity index (χ4n) is 3.40. The molecule has 0 spiro atoms. The molecular formula is C17H19NO7. The average Bonchev–Trinajstić information content (AvgIpc) is 3.13. The van der Waals surface area contributed by atoms with Gasteiger partial charge in [0.15, 0.2) is 12.1 Å². The first-order valence-corrected chi connectivity index (χ1v) is 8.06. The Kier molecular flexibility index (Phi) is 3.89. The van der Waals surface area contributed by atoms with Crippen molar-refractivity contribution in [3.8, 4) is 0 Å². The van der Waals surface area contributed by atoms with Gasteiger partial charge in [-0.05, 0) is 26.0 Å². The zero-order valence-electron chi connectivity index (χ0n) is 14.1. The molecule has 0 aromatic heterocycles. The Bertz CT molecular complexity index is 684. The zero-order chi connectivity index (χ0) is 17.8. The molecule has 1 aromatic carbocycles. The van der Waals surface area contributed by atoms with Crippen LogP contribution in [0.4, 0.5) is 0 Å². The highest BCUT2D eigenvalue weighted by Gasteiger charge is 2.55. The Morgan fingerprint density at radius 1 is 1.12 bits per heavy atom. The maximum absolute atomic E-state index is 12.3. The predicted octanol–water partition coefficient (Wildman–Crippen LogP) is 1.11. The largest absolute Gasteiger partial charge is 0.376 e. The van der Waals surface area contributed by atoms with Gasteiger partial charge >= 0.3 is 0 Å². The van der Waals surface area contributed by atoms with Crippen LogP contribution in [-0.2, 0) is 23.8 Å². The topological polar surface area (TPSA) is 83.5 Å². The van der Waals surface area contributed by atoms with Crippen LogP contribution in [0, 0.1) is 0 Å². The molecule has 8 nitrogen and oxygen atoms in total. The molecule has 3 aliphatic heterocycles. The maximum Gasteiger partial charge on any atom is 0.285 e. The number of hydrogen-bond donors (Lipinski definition) is 0. The first kappa shape index (κ1) is 16.6. The maximum atomic E-state index is 12.3. The van der Waals surface area contributed by atoms with Gasteiger partial charge in [0.2, 0.25) is 0 Å². The Hall–Kier alpha value is -1.84. The standard InChI is InChI=1S/C17H19NO7/c1-17(2)24-13-12(21-3)11(23-16(13)25-17)8-22-18-14(19)9-6-4-5-7-10(9)15(18)20/h4-7,11-13,16H,8H2,1-3H3/t11-,12+,13-,16-/m1/s1. The molecule has 0 N–H and O–H groups in total. The smallest absolute Gasteiger partial charge is 0.285 e. The summed E-state index contributed by atoms with van der Waals surface area (Å²) in [6.07, 6.45) is -1.92. The molecule has 0 unspecified atom stereocenters. The molecule has 1 aromatic rings. The summed E-state index contributed by atoms with van der Waals surface area (Å²) in [7, 11) is 1.54. The first-order valence-electron chi connectivity index (χ1n) is 8.06. The van der Waals surface area contributed by atoms with E-state index in [2.05, 4.69) is 0 Å². The molecule has 0 bridgehead atoms. The van der Waals surface area contributed by atoms with Gasteiger partial charge < -0.3 is 18.9 Å². The highest BCUT2D eigenvalue weighted by Crippen LogP contribution is 2.38.